The van der Waals surface area contributed by atoms with E-state index in [2.05, 4.69) is 18.7 Å². The van der Waals surface area contributed by atoms with E-state index in [0.717, 1.165) is 25.8 Å². The van der Waals surface area contributed by atoms with Crippen molar-refractivity contribution in [1.82, 2.24) is 4.90 Å². The fourth-order valence-electron chi connectivity index (χ4n) is 3.17. The summed E-state index contributed by atoms with van der Waals surface area (Å²) in [5.74, 6) is 0.00592. The first kappa shape index (κ1) is 28.3. The van der Waals surface area contributed by atoms with Crippen LogP contribution in [-0.2, 0) is 14.3 Å². The predicted molar refractivity (Wildman–Crippen MR) is 116 cm³/mol. The molecule has 0 aliphatic heterocycles. The number of hydrogen-bond donors (Lipinski definition) is 0. The fraction of sp³-hybridized carbons (Fsp3) is 0.913. The minimum absolute atomic E-state index is 0.00592. The summed E-state index contributed by atoms with van der Waals surface area (Å²) in [5.41, 5.74) is 0. The lowest BCUT2D eigenvalue weighted by Gasteiger charge is -2.18. The molecule has 27 heavy (non-hydrogen) atoms. The molecule has 0 radical (unpaired) electrons. The summed E-state index contributed by atoms with van der Waals surface area (Å²) >= 11 is 0. The second kappa shape index (κ2) is 23.1. The van der Waals surface area contributed by atoms with Gasteiger partial charge in [-0.2, -0.15) is 0 Å². The normalized spacial score (nSPS) is 11.7. The molecule has 0 saturated carbocycles. The average Bonchev–Trinajstić information content (AvgIpc) is 2.65. The first-order chi connectivity index (χ1) is 13.1. The number of carbonyl (C=O) groups is 2. The second-order valence-corrected chi connectivity index (χ2v) is 7.78. The number of nitrogens with zero attached hydrogens (tertiary/aromatic N) is 1. The average molecular weight is 386 g/mol. The highest BCUT2D eigenvalue weighted by atomic mass is 16.5. The van der Waals surface area contributed by atoms with Crippen LogP contribution < -0.4 is 0 Å². The van der Waals surface area contributed by atoms with E-state index in [4.69, 9.17) is 9.53 Å². The van der Waals surface area contributed by atoms with Crippen molar-refractivity contribution >= 4 is 12.8 Å². The van der Waals surface area contributed by atoms with E-state index in [1.54, 1.807) is 0 Å². The summed E-state index contributed by atoms with van der Waals surface area (Å²) in [6.45, 7) is 7.45. The minimum Gasteiger partial charge on any atom is -0.462 e. The van der Waals surface area contributed by atoms with Gasteiger partial charge in [0, 0.05) is 6.42 Å². The topological polar surface area (TPSA) is 46.6 Å². The number of carbonyl (C=O) groups excluding carboxylic acids is 2. The van der Waals surface area contributed by atoms with Gasteiger partial charge in [-0.3, -0.25) is 4.79 Å². The van der Waals surface area contributed by atoms with Gasteiger partial charge in [-0.1, -0.05) is 71.6 Å². The molecule has 0 fully saturated rings. The smallest absolute Gasteiger partial charge is 0.306 e. The molecule has 0 rings (SSSR count). The standard InChI is InChI=1S/C22H45NO2.CH2O/c1-5-7-9-11-13-15-18-21(17-14-12-10-8-6-2)25-22(24)19-16-20-23(3)4;1-2/h21H,5-20H2,1-4H3;1H2. The molecule has 0 amide bonds. The number of rotatable bonds is 18. The highest BCUT2D eigenvalue weighted by Gasteiger charge is 2.14. The van der Waals surface area contributed by atoms with E-state index in [1.807, 2.05) is 20.9 Å². The maximum absolute atomic E-state index is 12.1. The van der Waals surface area contributed by atoms with Crippen LogP contribution in [0.25, 0.3) is 0 Å². The van der Waals surface area contributed by atoms with Crippen molar-refractivity contribution in [3.8, 4) is 0 Å². The summed E-state index contributed by atoms with van der Waals surface area (Å²) in [5, 5.41) is 0. The third-order valence-corrected chi connectivity index (χ3v) is 4.79. The summed E-state index contributed by atoms with van der Waals surface area (Å²) in [6, 6.07) is 0. The molecule has 0 spiro atoms. The van der Waals surface area contributed by atoms with Gasteiger partial charge < -0.3 is 14.4 Å². The Kier molecular flexibility index (Phi) is 24.3. The van der Waals surface area contributed by atoms with Gasteiger partial charge in [0.1, 0.15) is 12.9 Å². The number of esters is 1. The zero-order chi connectivity index (χ0) is 20.8. The molecular formula is C23H47NO3. The molecule has 1 atom stereocenters. The molecule has 1 unspecified atom stereocenters. The monoisotopic (exact) mass is 385 g/mol. The first-order valence-electron chi connectivity index (χ1n) is 11.2. The van der Waals surface area contributed by atoms with E-state index in [-0.39, 0.29) is 12.1 Å². The van der Waals surface area contributed by atoms with E-state index in [0.29, 0.717) is 6.42 Å². The Hall–Kier alpha value is -0.900. The third-order valence-electron chi connectivity index (χ3n) is 4.79. The summed E-state index contributed by atoms with van der Waals surface area (Å²) < 4.78 is 5.81. The Balaban J connectivity index is 0. The van der Waals surface area contributed by atoms with Gasteiger partial charge in [-0.05, 0) is 52.7 Å². The van der Waals surface area contributed by atoms with Gasteiger partial charge in [0.05, 0.1) is 0 Å². The molecule has 0 heterocycles. The van der Waals surface area contributed by atoms with Crippen LogP contribution in [0.4, 0.5) is 0 Å². The SMILES string of the molecule is C=O.CCCCCCCCC(CCCCCCC)OC(=O)CCCN(C)C. The molecular weight excluding hydrogens is 338 g/mol. The van der Waals surface area contributed by atoms with Crippen LogP contribution in [0.1, 0.15) is 110 Å². The lowest BCUT2D eigenvalue weighted by Crippen LogP contribution is -2.20. The van der Waals surface area contributed by atoms with Crippen LogP contribution in [0, 0.1) is 0 Å². The zero-order valence-electron chi connectivity index (χ0n) is 18.8. The first-order valence-corrected chi connectivity index (χ1v) is 11.2. The van der Waals surface area contributed by atoms with Crippen molar-refractivity contribution < 1.29 is 14.3 Å². The fourth-order valence-corrected chi connectivity index (χ4v) is 3.17. The Bertz CT molecular complexity index is 308. The van der Waals surface area contributed by atoms with Crippen molar-refractivity contribution in [2.75, 3.05) is 20.6 Å². The summed E-state index contributed by atoms with van der Waals surface area (Å²) in [4.78, 5) is 22.2. The van der Waals surface area contributed by atoms with Crippen molar-refractivity contribution in [2.45, 2.75) is 116 Å². The van der Waals surface area contributed by atoms with Crippen LogP contribution in [-0.4, -0.2) is 44.4 Å². The quantitative estimate of drug-likeness (QED) is 0.209. The zero-order valence-corrected chi connectivity index (χ0v) is 18.8. The molecule has 0 aliphatic rings. The highest BCUT2D eigenvalue weighted by Crippen LogP contribution is 2.17. The molecule has 162 valence electrons. The van der Waals surface area contributed by atoms with Crippen LogP contribution in [0.15, 0.2) is 0 Å². The van der Waals surface area contributed by atoms with Gasteiger partial charge in [0.25, 0.3) is 0 Å². The molecule has 0 aromatic rings. The lowest BCUT2D eigenvalue weighted by molar-refractivity contribution is -0.150. The molecule has 4 nitrogen and oxygen atoms in total. The molecule has 4 heteroatoms. The van der Waals surface area contributed by atoms with Crippen LogP contribution in [0.3, 0.4) is 0 Å². The second-order valence-electron chi connectivity index (χ2n) is 7.78. The predicted octanol–water partition coefficient (Wildman–Crippen LogP) is 6.17. The summed E-state index contributed by atoms with van der Waals surface area (Å²) in [7, 11) is 4.09. The minimum atomic E-state index is 0.00592. The van der Waals surface area contributed by atoms with Crippen molar-refractivity contribution in [1.29, 1.82) is 0 Å². The van der Waals surface area contributed by atoms with Gasteiger partial charge in [-0.15, -0.1) is 0 Å². The number of hydrogen-bond acceptors (Lipinski definition) is 4. The molecule has 0 bridgehead atoms. The van der Waals surface area contributed by atoms with E-state index in [1.165, 1.54) is 70.6 Å². The largest absolute Gasteiger partial charge is 0.462 e. The Morgan fingerprint density at radius 3 is 1.67 bits per heavy atom. The molecule has 0 N–H and O–H groups in total. The van der Waals surface area contributed by atoms with Crippen molar-refractivity contribution in [2.24, 2.45) is 0 Å². The Morgan fingerprint density at radius 2 is 1.22 bits per heavy atom. The van der Waals surface area contributed by atoms with Gasteiger partial charge in [-0.25, -0.2) is 0 Å². The molecule has 0 aromatic heterocycles. The van der Waals surface area contributed by atoms with E-state index < -0.39 is 0 Å². The third kappa shape index (κ3) is 23.1. The Labute approximate surface area is 169 Å². The van der Waals surface area contributed by atoms with Gasteiger partial charge >= 0.3 is 5.97 Å². The Morgan fingerprint density at radius 1 is 0.778 bits per heavy atom. The maximum atomic E-state index is 12.1. The van der Waals surface area contributed by atoms with Crippen LogP contribution >= 0.6 is 0 Å². The highest BCUT2D eigenvalue weighted by molar-refractivity contribution is 5.69. The summed E-state index contributed by atoms with van der Waals surface area (Å²) in [6.07, 6.45) is 17.9. The van der Waals surface area contributed by atoms with Gasteiger partial charge in [0.15, 0.2) is 0 Å². The molecule has 0 aromatic carbocycles. The number of ether oxygens (including phenoxy) is 1. The van der Waals surface area contributed by atoms with Crippen LogP contribution in [0.5, 0.6) is 0 Å². The van der Waals surface area contributed by atoms with Crippen molar-refractivity contribution in [3.63, 3.8) is 0 Å². The van der Waals surface area contributed by atoms with Gasteiger partial charge in [0.2, 0.25) is 0 Å². The molecule has 0 saturated heterocycles. The maximum Gasteiger partial charge on any atom is 0.306 e. The number of unbranched alkanes of at least 4 members (excludes halogenated alkanes) is 9. The van der Waals surface area contributed by atoms with Crippen molar-refractivity contribution in [3.05, 3.63) is 0 Å². The van der Waals surface area contributed by atoms with E-state index >= 15 is 0 Å². The molecule has 0 aliphatic carbocycles. The lowest BCUT2D eigenvalue weighted by atomic mass is 10.0. The van der Waals surface area contributed by atoms with E-state index in [9.17, 15) is 4.79 Å². The van der Waals surface area contributed by atoms with Crippen LogP contribution in [0.2, 0.25) is 0 Å².